The summed E-state index contributed by atoms with van der Waals surface area (Å²) >= 11 is 6.29. The summed E-state index contributed by atoms with van der Waals surface area (Å²) in [7, 11) is -2.30. The molecule has 0 unspecified atom stereocenters. The predicted octanol–water partition coefficient (Wildman–Crippen LogP) is 5.98. The molecule has 0 aliphatic carbocycles. The van der Waals surface area contributed by atoms with Crippen molar-refractivity contribution >= 4 is 38.1 Å². The van der Waals surface area contributed by atoms with E-state index in [0.717, 1.165) is 16.3 Å². The van der Waals surface area contributed by atoms with Gasteiger partial charge in [0.1, 0.15) is 11.5 Å². The van der Waals surface area contributed by atoms with Crippen molar-refractivity contribution in [2.75, 3.05) is 11.8 Å². The molecule has 5 nitrogen and oxygen atoms in total. The number of nitrogens with one attached hydrogen (secondary N) is 1. The third-order valence-electron chi connectivity index (χ3n) is 5.03. The molecular formula is C24H20ClNO4S. The molecule has 7 heteroatoms. The van der Waals surface area contributed by atoms with E-state index in [2.05, 4.69) is 4.72 Å². The quantitative estimate of drug-likeness (QED) is 0.364. The second kappa shape index (κ2) is 8.13. The molecule has 0 radical (unpaired) electrons. The molecule has 0 aromatic heterocycles. The number of benzene rings is 4. The molecule has 4 aromatic rings. The lowest BCUT2D eigenvalue weighted by Gasteiger charge is -2.16. The summed E-state index contributed by atoms with van der Waals surface area (Å²) in [5.41, 5.74) is 2.17. The summed E-state index contributed by atoms with van der Waals surface area (Å²) in [6.45, 7) is 1.88. The average Bonchev–Trinajstić information content (AvgIpc) is 2.75. The highest BCUT2D eigenvalue weighted by Crippen LogP contribution is 2.45. The Morgan fingerprint density at radius 3 is 2.39 bits per heavy atom. The molecule has 31 heavy (non-hydrogen) atoms. The summed E-state index contributed by atoms with van der Waals surface area (Å²) in [5, 5.41) is 12.5. The zero-order valence-electron chi connectivity index (χ0n) is 16.9. The highest BCUT2D eigenvalue weighted by molar-refractivity contribution is 7.92. The van der Waals surface area contributed by atoms with Gasteiger partial charge in [-0.05, 0) is 48.0 Å². The lowest BCUT2D eigenvalue weighted by atomic mass is 9.96. The van der Waals surface area contributed by atoms with Crippen molar-refractivity contribution in [1.82, 2.24) is 0 Å². The first-order valence-electron chi connectivity index (χ1n) is 9.48. The number of aromatic hydroxyl groups is 1. The molecule has 2 N–H and O–H groups in total. The second-order valence-electron chi connectivity index (χ2n) is 7.14. The first kappa shape index (κ1) is 21.0. The molecule has 0 fully saturated rings. The van der Waals surface area contributed by atoms with Crippen molar-refractivity contribution in [3.63, 3.8) is 0 Å². The molecule has 0 bridgehead atoms. The van der Waals surface area contributed by atoms with Crippen molar-refractivity contribution < 1.29 is 18.3 Å². The van der Waals surface area contributed by atoms with Gasteiger partial charge >= 0.3 is 0 Å². The van der Waals surface area contributed by atoms with Gasteiger partial charge in [-0.25, -0.2) is 8.42 Å². The summed E-state index contributed by atoms with van der Waals surface area (Å²) in [5.74, 6) is 0.373. The van der Waals surface area contributed by atoms with Gasteiger partial charge in [0.25, 0.3) is 10.0 Å². The molecule has 4 aromatic carbocycles. The minimum atomic E-state index is -3.84. The van der Waals surface area contributed by atoms with E-state index in [1.165, 1.54) is 25.3 Å². The minimum absolute atomic E-state index is 0.0223. The van der Waals surface area contributed by atoms with E-state index >= 15 is 0 Å². The number of halogens is 1. The van der Waals surface area contributed by atoms with Crippen molar-refractivity contribution in [2.45, 2.75) is 11.8 Å². The number of sulfonamides is 1. The number of rotatable bonds is 5. The van der Waals surface area contributed by atoms with Crippen LogP contribution in [0.3, 0.4) is 0 Å². The van der Waals surface area contributed by atoms with Gasteiger partial charge in [0.05, 0.1) is 22.7 Å². The maximum absolute atomic E-state index is 12.9. The van der Waals surface area contributed by atoms with E-state index in [-0.39, 0.29) is 21.4 Å². The number of anilines is 1. The zero-order chi connectivity index (χ0) is 22.2. The Hall–Kier alpha value is -3.22. The zero-order valence-corrected chi connectivity index (χ0v) is 18.5. The van der Waals surface area contributed by atoms with Gasteiger partial charge in [0.2, 0.25) is 0 Å². The molecule has 0 heterocycles. The number of hydrogen-bond acceptors (Lipinski definition) is 4. The fraction of sp³-hybridized carbons (Fsp3) is 0.0833. The van der Waals surface area contributed by atoms with Gasteiger partial charge in [0, 0.05) is 11.1 Å². The van der Waals surface area contributed by atoms with Crippen LogP contribution in [0.25, 0.3) is 21.9 Å². The standard InChI is InChI=1S/C24H20ClNO4S/c1-15-7-10-18(11-8-15)31(28,29)26-17-13-20(24(27)21(25)14-17)23-19-6-4-3-5-16(19)9-12-22(23)30-2/h3-14,26-27H,1-2H3. The van der Waals surface area contributed by atoms with Crippen LogP contribution >= 0.6 is 11.6 Å². The third kappa shape index (κ3) is 4.04. The minimum Gasteiger partial charge on any atom is -0.506 e. The number of hydrogen-bond donors (Lipinski definition) is 2. The van der Waals surface area contributed by atoms with Crippen LogP contribution in [0.15, 0.2) is 77.7 Å². The third-order valence-corrected chi connectivity index (χ3v) is 6.71. The summed E-state index contributed by atoms with van der Waals surface area (Å²) in [6, 6.07) is 20.8. The van der Waals surface area contributed by atoms with Crippen molar-refractivity contribution in [1.29, 1.82) is 0 Å². The van der Waals surface area contributed by atoms with E-state index in [4.69, 9.17) is 16.3 Å². The normalized spacial score (nSPS) is 11.5. The molecule has 158 valence electrons. The lowest BCUT2D eigenvalue weighted by molar-refractivity contribution is 0.416. The molecule has 0 spiro atoms. The van der Waals surface area contributed by atoms with Gasteiger partial charge in [0.15, 0.2) is 0 Å². The van der Waals surface area contributed by atoms with E-state index in [1.54, 1.807) is 24.3 Å². The van der Waals surface area contributed by atoms with Crippen LogP contribution in [0.1, 0.15) is 5.56 Å². The van der Waals surface area contributed by atoms with Gasteiger partial charge < -0.3 is 9.84 Å². The van der Waals surface area contributed by atoms with Crippen molar-refractivity contribution in [3.8, 4) is 22.6 Å². The number of phenolic OH excluding ortho intramolecular Hbond substituents is 1. The van der Waals surface area contributed by atoms with Gasteiger partial charge in [-0.3, -0.25) is 4.72 Å². The lowest BCUT2D eigenvalue weighted by Crippen LogP contribution is -2.13. The number of aryl methyl sites for hydroxylation is 1. The van der Waals surface area contributed by atoms with Gasteiger partial charge in [-0.1, -0.05) is 59.6 Å². The molecule has 4 rings (SSSR count). The fourth-order valence-electron chi connectivity index (χ4n) is 3.48. The van der Waals surface area contributed by atoms with Crippen LogP contribution in [-0.2, 0) is 10.0 Å². The summed E-state index contributed by atoms with van der Waals surface area (Å²) in [4.78, 5) is 0.131. The van der Waals surface area contributed by atoms with Crippen LogP contribution in [0.5, 0.6) is 11.5 Å². The average molecular weight is 454 g/mol. The van der Waals surface area contributed by atoms with Crippen LogP contribution in [0.2, 0.25) is 5.02 Å². The van der Waals surface area contributed by atoms with Crippen molar-refractivity contribution in [2.24, 2.45) is 0 Å². The fourth-order valence-corrected chi connectivity index (χ4v) is 4.74. The van der Waals surface area contributed by atoms with Crippen LogP contribution in [-0.4, -0.2) is 20.6 Å². The molecular weight excluding hydrogens is 434 g/mol. The Morgan fingerprint density at radius 2 is 1.68 bits per heavy atom. The maximum atomic E-state index is 12.9. The SMILES string of the molecule is COc1ccc2ccccc2c1-c1cc(NS(=O)(=O)c2ccc(C)cc2)cc(Cl)c1O. The first-order valence-corrected chi connectivity index (χ1v) is 11.3. The Bertz CT molecular complexity index is 1380. The Morgan fingerprint density at radius 1 is 0.968 bits per heavy atom. The van der Waals surface area contributed by atoms with Crippen LogP contribution in [0.4, 0.5) is 5.69 Å². The van der Waals surface area contributed by atoms with E-state index < -0.39 is 10.0 Å². The number of phenols is 1. The predicted molar refractivity (Wildman–Crippen MR) is 125 cm³/mol. The largest absolute Gasteiger partial charge is 0.506 e. The van der Waals surface area contributed by atoms with Crippen molar-refractivity contribution in [3.05, 3.63) is 83.4 Å². The Kier molecular flexibility index (Phi) is 5.52. The highest BCUT2D eigenvalue weighted by Gasteiger charge is 2.20. The van der Waals surface area contributed by atoms with E-state index in [9.17, 15) is 13.5 Å². The smallest absolute Gasteiger partial charge is 0.261 e. The van der Waals surface area contributed by atoms with E-state index in [1.807, 2.05) is 37.3 Å². The Labute approximate surface area is 185 Å². The molecule has 0 amide bonds. The van der Waals surface area contributed by atoms with Gasteiger partial charge in [-0.15, -0.1) is 0 Å². The van der Waals surface area contributed by atoms with Crippen LogP contribution in [0, 0.1) is 6.92 Å². The number of ether oxygens (including phenoxy) is 1. The van der Waals surface area contributed by atoms with E-state index in [0.29, 0.717) is 16.9 Å². The Balaban J connectivity index is 1.87. The summed E-state index contributed by atoms with van der Waals surface area (Å²) in [6.07, 6.45) is 0. The monoisotopic (exact) mass is 453 g/mol. The highest BCUT2D eigenvalue weighted by atomic mass is 35.5. The first-order chi connectivity index (χ1) is 14.8. The van der Waals surface area contributed by atoms with Crippen LogP contribution < -0.4 is 9.46 Å². The molecule has 0 saturated heterocycles. The summed E-state index contributed by atoms with van der Waals surface area (Å²) < 4.78 is 33.8. The molecule has 0 aliphatic heterocycles. The molecule has 0 aliphatic rings. The number of methoxy groups -OCH3 is 1. The maximum Gasteiger partial charge on any atom is 0.261 e. The number of fused-ring (bicyclic) bond motifs is 1. The molecule has 0 saturated carbocycles. The molecule has 0 atom stereocenters. The topological polar surface area (TPSA) is 75.6 Å². The van der Waals surface area contributed by atoms with Gasteiger partial charge in [-0.2, -0.15) is 0 Å². The second-order valence-corrected chi connectivity index (χ2v) is 9.23.